The van der Waals surface area contributed by atoms with E-state index in [9.17, 15) is 0 Å². The molecule has 0 aliphatic heterocycles. The number of hydrogen-bond donors (Lipinski definition) is 1. The van der Waals surface area contributed by atoms with Gasteiger partial charge in [-0.15, -0.1) is 11.8 Å². The second-order valence-corrected chi connectivity index (χ2v) is 4.52. The molecule has 2 rings (SSSR count). The highest BCUT2D eigenvalue weighted by atomic mass is 32.2. The van der Waals surface area contributed by atoms with E-state index in [4.69, 9.17) is 10.3 Å². The molecule has 0 fully saturated rings. The Morgan fingerprint density at radius 2 is 2.06 bits per heavy atom. The van der Waals surface area contributed by atoms with Gasteiger partial charge in [-0.1, -0.05) is 5.16 Å². The molecule has 0 unspecified atom stereocenters. The van der Waals surface area contributed by atoms with Gasteiger partial charge in [0.15, 0.2) is 5.82 Å². The molecule has 0 saturated heterocycles. The normalized spacial score (nSPS) is 10.7. The van der Waals surface area contributed by atoms with Gasteiger partial charge in [0, 0.05) is 16.9 Å². The Morgan fingerprint density at radius 3 is 2.71 bits per heavy atom. The third kappa shape index (κ3) is 3.08. The lowest BCUT2D eigenvalue weighted by Gasteiger charge is -1.96. The zero-order valence-corrected chi connectivity index (χ0v) is 10.5. The molecule has 1 heterocycles. The van der Waals surface area contributed by atoms with E-state index in [1.54, 1.807) is 11.8 Å². The van der Waals surface area contributed by atoms with Gasteiger partial charge in [0.25, 0.3) is 5.89 Å². The Morgan fingerprint density at radius 1 is 1.29 bits per heavy atom. The van der Waals surface area contributed by atoms with E-state index in [0.29, 0.717) is 12.4 Å². The smallest absolute Gasteiger partial charge is 0.257 e. The molecule has 5 heteroatoms. The molecular formula is C12H15N3OS. The number of aromatic nitrogens is 2. The summed E-state index contributed by atoms with van der Waals surface area (Å²) in [6, 6.07) is 8.08. The van der Waals surface area contributed by atoms with Crippen LogP contribution >= 0.6 is 11.8 Å². The van der Waals surface area contributed by atoms with Gasteiger partial charge in [0.05, 0.1) is 0 Å². The van der Waals surface area contributed by atoms with Crippen LogP contribution in [-0.4, -0.2) is 22.9 Å². The Bertz CT molecular complexity index is 467. The molecule has 0 bridgehead atoms. The number of rotatable bonds is 5. The van der Waals surface area contributed by atoms with Crippen molar-refractivity contribution in [2.75, 3.05) is 12.8 Å². The van der Waals surface area contributed by atoms with Crippen molar-refractivity contribution in [1.82, 2.24) is 10.1 Å². The molecule has 0 aliphatic rings. The Balaban J connectivity index is 2.12. The average Bonchev–Trinajstić information content (AvgIpc) is 2.85. The van der Waals surface area contributed by atoms with Crippen LogP contribution in [0.15, 0.2) is 33.7 Å². The van der Waals surface area contributed by atoms with Crippen molar-refractivity contribution in [3.8, 4) is 11.5 Å². The minimum Gasteiger partial charge on any atom is -0.334 e. The summed E-state index contributed by atoms with van der Waals surface area (Å²) in [4.78, 5) is 5.55. The summed E-state index contributed by atoms with van der Waals surface area (Å²) in [5.41, 5.74) is 6.39. The number of aryl methyl sites for hydroxylation is 1. The molecule has 4 nitrogen and oxygen atoms in total. The van der Waals surface area contributed by atoms with Crippen molar-refractivity contribution < 1.29 is 4.52 Å². The maximum absolute atomic E-state index is 5.44. The zero-order chi connectivity index (χ0) is 12.1. The molecule has 17 heavy (non-hydrogen) atoms. The van der Waals surface area contributed by atoms with Gasteiger partial charge in [0.2, 0.25) is 0 Å². The van der Waals surface area contributed by atoms with E-state index in [1.165, 1.54) is 4.90 Å². The van der Waals surface area contributed by atoms with Crippen molar-refractivity contribution >= 4 is 11.8 Å². The van der Waals surface area contributed by atoms with Crippen LogP contribution in [0.4, 0.5) is 0 Å². The van der Waals surface area contributed by atoms with E-state index in [0.717, 1.165) is 24.2 Å². The van der Waals surface area contributed by atoms with E-state index in [2.05, 4.69) is 10.1 Å². The fourth-order valence-electron chi connectivity index (χ4n) is 1.47. The minimum atomic E-state index is 0.574. The van der Waals surface area contributed by atoms with Crippen LogP contribution in [0.2, 0.25) is 0 Å². The maximum Gasteiger partial charge on any atom is 0.257 e. The molecule has 0 atom stereocenters. The van der Waals surface area contributed by atoms with Gasteiger partial charge >= 0.3 is 0 Å². The number of nitrogens with zero attached hydrogens (tertiary/aromatic N) is 2. The maximum atomic E-state index is 5.44. The van der Waals surface area contributed by atoms with Gasteiger partial charge in [-0.05, 0) is 43.5 Å². The van der Waals surface area contributed by atoms with Gasteiger partial charge in [-0.2, -0.15) is 4.98 Å². The lowest BCUT2D eigenvalue weighted by atomic mass is 10.2. The minimum absolute atomic E-state index is 0.574. The highest BCUT2D eigenvalue weighted by Crippen LogP contribution is 2.21. The fraction of sp³-hybridized carbons (Fsp3) is 0.333. The summed E-state index contributed by atoms with van der Waals surface area (Å²) in [5, 5.41) is 3.93. The number of thioether (sulfide) groups is 1. The number of nitrogens with two attached hydrogens (primary N) is 1. The quantitative estimate of drug-likeness (QED) is 0.824. The Labute approximate surface area is 105 Å². The summed E-state index contributed by atoms with van der Waals surface area (Å²) < 4.78 is 5.21. The molecule has 1 aromatic heterocycles. The second kappa shape index (κ2) is 5.84. The highest BCUT2D eigenvalue weighted by molar-refractivity contribution is 7.98. The first-order chi connectivity index (χ1) is 8.33. The molecule has 2 aromatic rings. The third-order valence-electron chi connectivity index (χ3n) is 2.41. The number of benzene rings is 1. The van der Waals surface area contributed by atoms with E-state index >= 15 is 0 Å². The second-order valence-electron chi connectivity index (χ2n) is 3.64. The molecule has 0 saturated carbocycles. The van der Waals surface area contributed by atoms with Crippen molar-refractivity contribution in [3.63, 3.8) is 0 Å². The molecular weight excluding hydrogens is 234 g/mol. The molecule has 2 N–H and O–H groups in total. The lowest BCUT2D eigenvalue weighted by molar-refractivity contribution is 0.422. The van der Waals surface area contributed by atoms with E-state index in [1.807, 2.05) is 30.5 Å². The predicted octanol–water partition coefficient (Wildman–Crippen LogP) is 2.35. The lowest BCUT2D eigenvalue weighted by Crippen LogP contribution is -2.01. The van der Waals surface area contributed by atoms with Crippen LogP contribution in [0.1, 0.15) is 12.2 Å². The first-order valence-corrected chi connectivity index (χ1v) is 6.73. The van der Waals surface area contributed by atoms with Crippen LogP contribution < -0.4 is 5.73 Å². The summed E-state index contributed by atoms with van der Waals surface area (Å²) in [6.45, 7) is 0.645. The number of hydrogen-bond acceptors (Lipinski definition) is 5. The van der Waals surface area contributed by atoms with E-state index in [-0.39, 0.29) is 0 Å². The van der Waals surface area contributed by atoms with Gasteiger partial charge in [0.1, 0.15) is 0 Å². The topological polar surface area (TPSA) is 64.9 Å². The molecule has 0 amide bonds. The molecule has 1 aromatic carbocycles. The molecule has 90 valence electrons. The van der Waals surface area contributed by atoms with Crippen LogP contribution in [0.25, 0.3) is 11.5 Å². The van der Waals surface area contributed by atoms with Crippen LogP contribution in [0.5, 0.6) is 0 Å². The van der Waals surface area contributed by atoms with Crippen LogP contribution in [-0.2, 0) is 6.42 Å². The van der Waals surface area contributed by atoms with Crippen LogP contribution in [0.3, 0.4) is 0 Å². The molecule has 0 radical (unpaired) electrons. The summed E-state index contributed by atoms with van der Waals surface area (Å²) >= 11 is 1.71. The fourth-order valence-corrected chi connectivity index (χ4v) is 1.87. The molecule has 0 spiro atoms. The van der Waals surface area contributed by atoms with Crippen molar-refractivity contribution in [1.29, 1.82) is 0 Å². The first-order valence-electron chi connectivity index (χ1n) is 5.50. The first kappa shape index (κ1) is 12.1. The van der Waals surface area contributed by atoms with Crippen molar-refractivity contribution in [2.45, 2.75) is 17.7 Å². The van der Waals surface area contributed by atoms with Gasteiger partial charge in [-0.25, -0.2) is 0 Å². The van der Waals surface area contributed by atoms with Gasteiger partial charge in [-0.3, -0.25) is 0 Å². The predicted molar refractivity (Wildman–Crippen MR) is 68.9 cm³/mol. The van der Waals surface area contributed by atoms with Crippen molar-refractivity contribution in [2.24, 2.45) is 5.73 Å². The summed E-state index contributed by atoms with van der Waals surface area (Å²) in [5.74, 6) is 1.30. The molecule has 0 aliphatic carbocycles. The zero-order valence-electron chi connectivity index (χ0n) is 9.72. The monoisotopic (exact) mass is 249 g/mol. The van der Waals surface area contributed by atoms with Crippen molar-refractivity contribution in [3.05, 3.63) is 30.1 Å². The Hall–Kier alpha value is -1.33. The van der Waals surface area contributed by atoms with Gasteiger partial charge < -0.3 is 10.3 Å². The third-order valence-corrected chi connectivity index (χ3v) is 3.15. The largest absolute Gasteiger partial charge is 0.334 e. The van der Waals surface area contributed by atoms with Crippen LogP contribution in [0, 0.1) is 0 Å². The Kier molecular flexibility index (Phi) is 4.17. The van der Waals surface area contributed by atoms with E-state index < -0.39 is 0 Å². The summed E-state index contributed by atoms with van der Waals surface area (Å²) in [7, 11) is 0. The highest BCUT2D eigenvalue weighted by Gasteiger charge is 2.08. The standard InChI is InChI=1S/C12H15N3OS/c1-17-10-6-4-9(5-7-10)12-14-11(15-16-12)3-2-8-13/h4-7H,2-3,8,13H2,1H3. The average molecular weight is 249 g/mol. The summed E-state index contributed by atoms with van der Waals surface area (Å²) in [6.07, 6.45) is 3.69. The SMILES string of the molecule is CSc1ccc(-c2nc(CCCN)no2)cc1.